The Morgan fingerprint density at radius 2 is 1.68 bits per heavy atom. The van der Waals surface area contributed by atoms with Crippen molar-refractivity contribution in [1.82, 2.24) is 4.72 Å². The Balaban J connectivity index is 2.13. The highest BCUT2D eigenvalue weighted by Gasteiger charge is 2.28. The average Bonchev–Trinajstić information content (AvgIpc) is 3.08. The Morgan fingerprint density at radius 1 is 1.04 bits per heavy atom. The van der Waals surface area contributed by atoms with Crippen LogP contribution in [-0.2, 0) is 14.8 Å². The van der Waals surface area contributed by atoms with Gasteiger partial charge in [0.05, 0.1) is 0 Å². The highest BCUT2D eigenvalue weighted by molar-refractivity contribution is 7.91. The van der Waals surface area contributed by atoms with Gasteiger partial charge in [-0.15, -0.1) is 11.3 Å². The van der Waals surface area contributed by atoms with E-state index in [4.69, 9.17) is 0 Å². The second kappa shape index (κ2) is 8.12. The average molecular weight is 381 g/mol. The Labute approximate surface area is 153 Å². The number of anilines is 1. The van der Waals surface area contributed by atoms with Crippen LogP contribution in [0.3, 0.4) is 0 Å². The number of benzene rings is 1. The van der Waals surface area contributed by atoms with E-state index in [9.17, 15) is 13.2 Å². The first kappa shape index (κ1) is 19.6. The van der Waals surface area contributed by atoms with Crippen LogP contribution in [0.4, 0.5) is 5.69 Å². The summed E-state index contributed by atoms with van der Waals surface area (Å²) in [5.74, 6) is -0.150. The van der Waals surface area contributed by atoms with E-state index in [-0.39, 0.29) is 16.0 Å². The standard InChI is InChI=1S/C18H24N2O3S2/c1-12(2)14-7-9-15(10-8-14)19-18(21)17(13(3)4)20-25(22,23)16-6-5-11-24-16/h5-13,17,20H,1-4H3,(H,19,21). The summed E-state index contributed by atoms with van der Waals surface area (Å²) in [6, 6.07) is 9.92. The Hall–Kier alpha value is -1.70. The van der Waals surface area contributed by atoms with Crippen LogP contribution in [0.5, 0.6) is 0 Å². The lowest BCUT2D eigenvalue weighted by atomic mass is 10.0. The molecular formula is C18H24N2O3S2. The molecule has 0 bridgehead atoms. The molecule has 0 fully saturated rings. The van der Waals surface area contributed by atoms with Crippen molar-refractivity contribution in [2.45, 2.75) is 43.9 Å². The molecule has 0 aliphatic rings. The lowest BCUT2D eigenvalue weighted by Gasteiger charge is -2.21. The normalized spacial score (nSPS) is 13.2. The molecule has 2 N–H and O–H groups in total. The van der Waals surface area contributed by atoms with E-state index in [2.05, 4.69) is 23.9 Å². The molecule has 0 saturated carbocycles. The summed E-state index contributed by atoms with van der Waals surface area (Å²) in [7, 11) is -3.71. The van der Waals surface area contributed by atoms with Gasteiger partial charge < -0.3 is 5.32 Å². The molecule has 0 aliphatic heterocycles. The zero-order valence-electron chi connectivity index (χ0n) is 14.8. The van der Waals surface area contributed by atoms with E-state index in [1.165, 1.54) is 11.6 Å². The van der Waals surface area contributed by atoms with E-state index in [1.807, 2.05) is 38.1 Å². The first-order valence-electron chi connectivity index (χ1n) is 8.17. The van der Waals surface area contributed by atoms with Gasteiger partial charge in [-0.05, 0) is 41.0 Å². The molecule has 0 saturated heterocycles. The van der Waals surface area contributed by atoms with Crippen LogP contribution in [0, 0.1) is 5.92 Å². The summed E-state index contributed by atoms with van der Waals surface area (Å²) >= 11 is 1.12. The van der Waals surface area contributed by atoms with Crippen molar-refractivity contribution in [3.63, 3.8) is 0 Å². The van der Waals surface area contributed by atoms with E-state index in [0.29, 0.717) is 11.6 Å². The molecule has 7 heteroatoms. The predicted molar refractivity (Wildman–Crippen MR) is 102 cm³/mol. The fourth-order valence-corrected chi connectivity index (χ4v) is 4.66. The minimum atomic E-state index is -3.71. The summed E-state index contributed by atoms with van der Waals surface area (Å²) < 4.78 is 27.5. The third-order valence-corrected chi connectivity index (χ3v) is 6.67. The van der Waals surface area contributed by atoms with Gasteiger partial charge in [0, 0.05) is 5.69 Å². The lowest BCUT2D eigenvalue weighted by molar-refractivity contribution is -0.118. The van der Waals surface area contributed by atoms with Crippen LogP contribution in [0.25, 0.3) is 0 Å². The van der Waals surface area contributed by atoms with Crippen molar-refractivity contribution in [3.8, 4) is 0 Å². The summed E-state index contributed by atoms with van der Waals surface area (Å²) in [6.45, 7) is 7.82. The number of hydrogen-bond acceptors (Lipinski definition) is 4. The summed E-state index contributed by atoms with van der Waals surface area (Å²) in [5.41, 5.74) is 1.83. The van der Waals surface area contributed by atoms with Crippen molar-refractivity contribution in [2.24, 2.45) is 5.92 Å². The Bertz CT molecular complexity index is 795. The van der Waals surface area contributed by atoms with Gasteiger partial charge in [-0.3, -0.25) is 4.79 Å². The maximum Gasteiger partial charge on any atom is 0.250 e. The number of hydrogen-bond donors (Lipinski definition) is 2. The quantitative estimate of drug-likeness (QED) is 0.767. The first-order valence-corrected chi connectivity index (χ1v) is 10.5. The molecule has 0 spiro atoms. The van der Waals surface area contributed by atoms with E-state index >= 15 is 0 Å². The molecule has 1 amide bonds. The molecule has 5 nitrogen and oxygen atoms in total. The highest BCUT2D eigenvalue weighted by atomic mass is 32.2. The molecule has 2 aromatic rings. The molecule has 1 atom stereocenters. The third kappa shape index (κ3) is 5.14. The highest BCUT2D eigenvalue weighted by Crippen LogP contribution is 2.20. The molecular weight excluding hydrogens is 356 g/mol. The van der Waals surface area contributed by atoms with Crippen LogP contribution < -0.4 is 10.0 Å². The summed E-state index contributed by atoms with van der Waals surface area (Å²) in [5, 5.41) is 4.48. The van der Waals surface area contributed by atoms with Crippen LogP contribution in [0.1, 0.15) is 39.2 Å². The molecule has 0 radical (unpaired) electrons. The van der Waals surface area contributed by atoms with Crippen LogP contribution in [0.2, 0.25) is 0 Å². The molecule has 25 heavy (non-hydrogen) atoms. The SMILES string of the molecule is CC(C)c1ccc(NC(=O)C(NS(=O)(=O)c2cccs2)C(C)C)cc1. The number of thiophene rings is 1. The van der Waals surface area contributed by atoms with Gasteiger partial charge in [0.25, 0.3) is 10.0 Å². The van der Waals surface area contributed by atoms with Gasteiger partial charge in [-0.25, -0.2) is 8.42 Å². The fourth-order valence-electron chi connectivity index (χ4n) is 2.31. The number of carbonyl (C=O) groups is 1. The number of sulfonamides is 1. The van der Waals surface area contributed by atoms with E-state index in [0.717, 1.165) is 11.3 Å². The van der Waals surface area contributed by atoms with Gasteiger partial charge in [0.15, 0.2) is 0 Å². The number of amides is 1. The van der Waals surface area contributed by atoms with Gasteiger partial charge in [0.1, 0.15) is 10.3 Å². The van der Waals surface area contributed by atoms with Gasteiger partial charge >= 0.3 is 0 Å². The number of rotatable bonds is 7. The zero-order valence-corrected chi connectivity index (χ0v) is 16.4. The minimum Gasteiger partial charge on any atom is -0.325 e. The summed E-state index contributed by atoms with van der Waals surface area (Å²) in [6.07, 6.45) is 0. The largest absolute Gasteiger partial charge is 0.325 e. The van der Waals surface area contributed by atoms with Gasteiger partial charge in [-0.1, -0.05) is 45.9 Å². The van der Waals surface area contributed by atoms with Crippen LogP contribution in [-0.4, -0.2) is 20.4 Å². The Morgan fingerprint density at radius 3 is 2.16 bits per heavy atom. The van der Waals surface area contributed by atoms with Gasteiger partial charge in [-0.2, -0.15) is 4.72 Å². The molecule has 1 aromatic heterocycles. The number of nitrogens with one attached hydrogen (secondary N) is 2. The molecule has 136 valence electrons. The molecule has 1 aromatic carbocycles. The van der Waals surface area contributed by atoms with Crippen LogP contribution >= 0.6 is 11.3 Å². The van der Waals surface area contributed by atoms with Crippen molar-refractivity contribution in [1.29, 1.82) is 0 Å². The monoisotopic (exact) mass is 380 g/mol. The zero-order chi connectivity index (χ0) is 18.6. The molecule has 2 rings (SSSR count). The fraction of sp³-hybridized carbons (Fsp3) is 0.389. The van der Waals surface area contributed by atoms with Crippen LogP contribution in [0.15, 0.2) is 46.0 Å². The van der Waals surface area contributed by atoms with Crippen molar-refractivity contribution < 1.29 is 13.2 Å². The van der Waals surface area contributed by atoms with Crippen molar-refractivity contribution in [3.05, 3.63) is 47.3 Å². The Kier molecular flexibility index (Phi) is 6.37. The second-order valence-electron chi connectivity index (χ2n) is 6.54. The maximum absolute atomic E-state index is 12.6. The van der Waals surface area contributed by atoms with Gasteiger partial charge in [0.2, 0.25) is 5.91 Å². The molecule has 1 heterocycles. The van der Waals surface area contributed by atoms with E-state index < -0.39 is 16.1 Å². The second-order valence-corrected chi connectivity index (χ2v) is 9.43. The minimum absolute atomic E-state index is 0.190. The lowest BCUT2D eigenvalue weighted by Crippen LogP contribution is -2.46. The van der Waals surface area contributed by atoms with E-state index in [1.54, 1.807) is 11.4 Å². The third-order valence-electron chi connectivity index (χ3n) is 3.84. The molecule has 1 unspecified atom stereocenters. The first-order chi connectivity index (χ1) is 11.7. The molecule has 0 aliphatic carbocycles. The summed E-state index contributed by atoms with van der Waals surface area (Å²) in [4.78, 5) is 12.6. The topological polar surface area (TPSA) is 75.3 Å². The maximum atomic E-state index is 12.6. The predicted octanol–water partition coefficient (Wildman–Crippen LogP) is 3.81. The smallest absolute Gasteiger partial charge is 0.250 e. The van der Waals surface area contributed by atoms with Crippen molar-refractivity contribution >= 4 is 33.0 Å². The van der Waals surface area contributed by atoms with Crippen molar-refractivity contribution in [2.75, 3.05) is 5.32 Å². The number of carbonyl (C=O) groups excluding carboxylic acids is 1.